The molecular formula is C79H67BN2O. The SMILES string of the molecule is [2H]c1c([2H])c([2H])c(-c2ccc3c(c2)N(c2ccc(C(C)(C)C)cc2-c2ccccc2)c2cc(-c4c([2H])c([2H])c([2H])c([2H])c4[2H])cc4c2B3c2ccc(-n3c5ccc(C(C)(C)C)cc5c5cc(C(C)(C)C)ccc53)cc2C42c3ccccc3Oc3ccccc32)c([2H])c1[2H]. The van der Waals surface area contributed by atoms with Gasteiger partial charge in [-0.25, -0.2) is 0 Å². The Kier molecular flexibility index (Phi) is 9.10. The van der Waals surface area contributed by atoms with Crippen molar-refractivity contribution in [2.24, 2.45) is 0 Å². The van der Waals surface area contributed by atoms with Crippen LogP contribution in [0.5, 0.6) is 11.5 Å². The lowest BCUT2D eigenvalue weighted by Crippen LogP contribution is -2.65. The third kappa shape index (κ3) is 7.86. The maximum atomic E-state index is 9.80. The predicted octanol–water partition coefficient (Wildman–Crippen LogP) is 18.8. The molecule has 3 aliphatic heterocycles. The molecule has 15 rings (SSSR count). The summed E-state index contributed by atoms with van der Waals surface area (Å²) in [5.74, 6) is 1.27. The number of aromatic nitrogens is 1. The van der Waals surface area contributed by atoms with E-state index in [-0.39, 0.29) is 51.5 Å². The Hall–Kier alpha value is -9.12. The van der Waals surface area contributed by atoms with Gasteiger partial charge in [-0.3, -0.25) is 0 Å². The van der Waals surface area contributed by atoms with Crippen molar-refractivity contribution < 1.29 is 18.4 Å². The summed E-state index contributed by atoms with van der Waals surface area (Å²) < 4.78 is 102. The Morgan fingerprint density at radius 3 is 1.53 bits per heavy atom. The number of hydrogen-bond acceptors (Lipinski definition) is 2. The van der Waals surface area contributed by atoms with Crippen molar-refractivity contribution in [3.8, 4) is 50.6 Å². The van der Waals surface area contributed by atoms with Gasteiger partial charge in [0.05, 0.1) is 35.8 Å². The van der Waals surface area contributed by atoms with E-state index in [2.05, 4.69) is 181 Å². The molecule has 3 aliphatic rings. The summed E-state index contributed by atoms with van der Waals surface area (Å²) in [6.45, 7) is 19.5. The van der Waals surface area contributed by atoms with Crippen LogP contribution in [0, 0.1) is 0 Å². The fourth-order valence-electron chi connectivity index (χ4n) is 13.6. The number of ether oxygens (including phenoxy) is 1. The molecule has 3 nitrogen and oxygen atoms in total. The van der Waals surface area contributed by atoms with Crippen LogP contribution in [-0.4, -0.2) is 11.3 Å². The average Bonchev–Trinajstić information content (AvgIpc) is 0.945. The minimum Gasteiger partial charge on any atom is -0.457 e. The number of anilines is 3. The van der Waals surface area contributed by atoms with E-state index < -0.39 is 48.4 Å². The van der Waals surface area contributed by atoms with E-state index in [1.807, 2.05) is 72.8 Å². The summed E-state index contributed by atoms with van der Waals surface area (Å²) in [7, 11) is 0. The van der Waals surface area contributed by atoms with Crippen LogP contribution in [0.2, 0.25) is 0 Å². The van der Waals surface area contributed by atoms with Gasteiger partial charge in [-0.15, -0.1) is 0 Å². The molecule has 0 fully saturated rings. The minimum absolute atomic E-state index is 0.0273. The predicted molar refractivity (Wildman–Crippen MR) is 351 cm³/mol. The molecule has 11 aromatic carbocycles. The molecule has 0 saturated carbocycles. The topological polar surface area (TPSA) is 17.4 Å². The van der Waals surface area contributed by atoms with Gasteiger partial charge in [-0.2, -0.15) is 0 Å². The van der Waals surface area contributed by atoms with E-state index >= 15 is 0 Å². The van der Waals surface area contributed by atoms with Gasteiger partial charge in [0, 0.05) is 44.5 Å². The van der Waals surface area contributed by atoms with Crippen LogP contribution >= 0.6 is 0 Å². The zero-order valence-electron chi connectivity index (χ0n) is 58.2. The van der Waals surface area contributed by atoms with Gasteiger partial charge in [0.2, 0.25) is 6.71 Å². The molecule has 12 aromatic rings. The third-order valence-electron chi connectivity index (χ3n) is 17.7. The summed E-state index contributed by atoms with van der Waals surface area (Å²) in [4.78, 5) is 2.21. The molecule has 1 aromatic heterocycles. The lowest BCUT2D eigenvalue weighted by Gasteiger charge is -2.50. The van der Waals surface area contributed by atoms with E-state index in [1.165, 1.54) is 11.1 Å². The molecule has 0 saturated heterocycles. The second kappa shape index (κ2) is 18.4. The van der Waals surface area contributed by atoms with Crippen LogP contribution in [0.25, 0.3) is 60.9 Å². The maximum absolute atomic E-state index is 9.80. The fourth-order valence-corrected chi connectivity index (χ4v) is 13.6. The molecule has 0 radical (unpaired) electrons. The number of hydrogen-bond donors (Lipinski definition) is 0. The molecule has 0 atom stereocenters. The van der Waals surface area contributed by atoms with Gasteiger partial charge in [-0.05, 0) is 162 Å². The monoisotopic (exact) mass is 1080 g/mol. The van der Waals surface area contributed by atoms with Crippen LogP contribution in [0.4, 0.5) is 17.1 Å². The first-order chi connectivity index (χ1) is 44.2. The van der Waals surface area contributed by atoms with E-state index in [0.29, 0.717) is 34.0 Å². The van der Waals surface area contributed by atoms with Crippen molar-refractivity contribution in [1.29, 1.82) is 0 Å². The molecule has 83 heavy (non-hydrogen) atoms. The molecule has 4 heterocycles. The Bertz CT molecular complexity index is 5050. The zero-order chi connectivity index (χ0) is 65.4. The summed E-state index contributed by atoms with van der Waals surface area (Å²) in [5.41, 5.74) is 15.7. The molecule has 0 N–H and O–H groups in total. The quantitative estimate of drug-likeness (QED) is 0.160. The summed E-state index contributed by atoms with van der Waals surface area (Å²) in [6, 6.07) is 59.3. The van der Waals surface area contributed by atoms with Crippen molar-refractivity contribution in [3.63, 3.8) is 0 Å². The number of rotatable bonds is 5. The first-order valence-corrected chi connectivity index (χ1v) is 28.8. The van der Waals surface area contributed by atoms with Gasteiger partial charge in [0.25, 0.3) is 0 Å². The van der Waals surface area contributed by atoms with Crippen molar-refractivity contribution in [3.05, 3.63) is 281 Å². The maximum Gasteiger partial charge on any atom is 0.247 e. The van der Waals surface area contributed by atoms with E-state index in [1.54, 1.807) is 0 Å². The van der Waals surface area contributed by atoms with Gasteiger partial charge >= 0.3 is 0 Å². The second-order valence-electron chi connectivity index (χ2n) is 25.8. The standard InChI is InChI=1S/C79H67BN2O/c1-76(2,3)55-34-40-68(59(46-55)52-27-17-12-18-28-52)82-71-44-53(50-23-13-10-14-24-50)33-38-67(71)80-66-39-37-58(81-69-41-35-56(77(4,5)6)47-60(69)61-48-57(78(7,8)9)36-42-70(61)81)49-64(66)79(62-29-19-21-31-73(62)83-74-32-22-20-30-63(74)79)65-43-54(45-72(82)75(65)80)51-25-15-11-16-26-51/h10-49H,1-9H3/i10D,11D,13D,14D,15D,16D,23D,24D,25D,26D. The number of fused-ring (bicyclic) bond motifs is 13. The van der Waals surface area contributed by atoms with Crippen LogP contribution in [-0.2, 0) is 21.7 Å². The van der Waals surface area contributed by atoms with Crippen LogP contribution in [0.3, 0.4) is 0 Å². The highest BCUT2D eigenvalue weighted by atomic mass is 16.5. The molecule has 0 bridgehead atoms. The summed E-state index contributed by atoms with van der Waals surface area (Å²) in [5, 5.41) is 2.27. The Balaban J connectivity index is 1.15. The molecule has 4 heteroatoms. The minimum atomic E-state index is -1.24. The molecule has 402 valence electrons. The molecule has 0 unspecified atom stereocenters. The Morgan fingerprint density at radius 1 is 0.398 bits per heavy atom. The van der Waals surface area contributed by atoms with Crippen LogP contribution < -0.4 is 26.0 Å². The van der Waals surface area contributed by atoms with Crippen molar-refractivity contribution in [1.82, 2.24) is 4.57 Å². The zero-order valence-corrected chi connectivity index (χ0v) is 48.2. The smallest absolute Gasteiger partial charge is 0.247 e. The molecular weight excluding hydrogens is 1000 g/mol. The lowest BCUT2D eigenvalue weighted by molar-refractivity contribution is 0.435. The van der Waals surface area contributed by atoms with Crippen LogP contribution in [0.1, 0.15) is 115 Å². The Morgan fingerprint density at radius 2 is 0.928 bits per heavy atom. The first kappa shape index (κ1) is 41.0. The highest BCUT2D eigenvalue weighted by Gasteiger charge is 2.55. The van der Waals surface area contributed by atoms with Crippen molar-refractivity contribution >= 4 is 62.0 Å². The average molecular weight is 1080 g/mol. The van der Waals surface area contributed by atoms with Crippen molar-refractivity contribution in [2.75, 3.05) is 4.90 Å². The van der Waals surface area contributed by atoms with Gasteiger partial charge in [-0.1, -0.05) is 231 Å². The van der Waals surface area contributed by atoms with E-state index in [0.717, 1.165) is 88.5 Å². The highest BCUT2D eigenvalue weighted by Crippen LogP contribution is 2.58. The number of benzene rings is 11. The largest absolute Gasteiger partial charge is 0.457 e. The normalized spacial score (nSPS) is 15.7. The molecule has 0 aliphatic carbocycles. The van der Waals surface area contributed by atoms with E-state index in [4.69, 9.17) is 10.2 Å². The highest BCUT2D eigenvalue weighted by molar-refractivity contribution is 6.99. The summed E-state index contributed by atoms with van der Waals surface area (Å²) >= 11 is 0. The summed E-state index contributed by atoms with van der Waals surface area (Å²) in [6.07, 6.45) is 0. The van der Waals surface area contributed by atoms with Gasteiger partial charge in [0.1, 0.15) is 11.5 Å². The van der Waals surface area contributed by atoms with Gasteiger partial charge in [0.15, 0.2) is 0 Å². The van der Waals surface area contributed by atoms with Crippen molar-refractivity contribution in [2.45, 2.75) is 84.0 Å². The number of nitrogens with zero attached hydrogens (tertiary/aromatic N) is 2. The lowest BCUT2D eigenvalue weighted by atomic mass is 9.29. The fraction of sp³-hybridized carbons (Fsp3) is 0.165. The second-order valence-corrected chi connectivity index (χ2v) is 25.8. The Labute approximate surface area is 503 Å². The van der Waals surface area contributed by atoms with E-state index in [9.17, 15) is 8.22 Å². The van der Waals surface area contributed by atoms with Gasteiger partial charge < -0.3 is 14.2 Å². The van der Waals surface area contributed by atoms with Crippen LogP contribution in [0.15, 0.2) is 242 Å². The third-order valence-corrected chi connectivity index (χ3v) is 17.7. The first-order valence-electron chi connectivity index (χ1n) is 33.8. The number of para-hydroxylation sites is 2. The molecule has 1 spiro atoms. The molecule has 0 amide bonds.